The summed E-state index contributed by atoms with van der Waals surface area (Å²) in [7, 11) is 4.26. The molecule has 0 amide bonds. The fourth-order valence-electron chi connectivity index (χ4n) is 12.6. The molecule has 9 atom stereocenters. The van der Waals surface area contributed by atoms with Crippen LogP contribution in [-0.2, 0) is 19.4 Å². The van der Waals surface area contributed by atoms with Gasteiger partial charge in [-0.15, -0.1) is 0 Å². The molecule has 1 aliphatic heterocycles. The molecule has 3 N–H and O–H groups in total. The Labute approximate surface area is 318 Å². The summed E-state index contributed by atoms with van der Waals surface area (Å²) >= 11 is 0. The number of nitrogens with one attached hydrogen (secondary N) is 2. The SMILES string of the molecule is CC1CC=CC2(C1)CC1(CCC(CNC3CCCCC3)C1)CC1C3Cc4cc(O)cc(c4)Cc4ccccc4CNC(C)CSSCC(C3)CC12. The van der Waals surface area contributed by atoms with E-state index in [-0.39, 0.29) is 0 Å². The van der Waals surface area contributed by atoms with Crippen molar-refractivity contribution in [2.45, 2.75) is 135 Å². The molecule has 8 rings (SSSR count). The van der Waals surface area contributed by atoms with Gasteiger partial charge < -0.3 is 15.7 Å². The molecule has 2 spiro atoms. The van der Waals surface area contributed by atoms with Crippen molar-refractivity contribution in [2.24, 2.45) is 46.3 Å². The van der Waals surface area contributed by atoms with Crippen LogP contribution in [0.1, 0.15) is 126 Å². The lowest BCUT2D eigenvalue weighted by Gasteiger charge is -2.60. The third kappa shape index (κ3) is 8.63. The maximum Gasteiger partial charge on any atom is 0.116 e. The maximum absolute atomic E-state index is 11.2. The molecule has 0 saturated heterocycles. The molecule has 9 unspecified atom stereocenters. The van der Waals surface area contributed by atoms with Crippen LogP contribution >= 0.6 is 21.6 Å². The second-order valence-corrected chi connectivity index (χ2v) is 21.3. The monoisotopic (exact) mass is 726 g/mol. The summed E-state index contributed by atoms with van der Waals surface area (Å²) < 4.78 is 0. The van der Waals surface area contributed by atoms with E-state index in [0.29, 0.717) is 28.5 Å². The normalized spacial score (nSPS) is 37.9. The van der Waals surface area contributed by atoms with Crippen molar-refractivity contribution >= 4 is 21.6 Å². The summed E-state index contributed by atoms with van der Waals surface area (Å²) in [5.41, 5.74) is 6.25. The summed E-state index contributed by atoms with van der Waals surface area (Å²) in [6.45, 7) is 7.05. The van der Waals surface area contributed by atoms with Gasteiger partial charge in [0.05, 0.1) is 0 Å². The first-order chi connectivity index (χ1) is 24.8. The Bertz CT molecular complexity index is 1500. The van der Waals surface area contributed by atoms with Gasteiger partial charge in [-0.2, -0.15) is 0 Å². The molecular weight excluding hydrogens is 661 g/mol. The number of hydrogen-bond donors (Lipinski definition) is 3. The molecule has 3 nitrogen and oxygen atoms in total. The van der Waals surface area contributed by atoms with Gasteiger partial charge >= 0.3 is 0 Å². The highest BCUT2D eigenvalue weighted by Gasteiger charge is 2.58. The predicted octanol–water partition coefficient (Wildman–Crippen LogP) is 11.1. The Morgan fingerprint density at radius 3 is 2.59 bits per heavy atom. The lowest BCUT2D eigenvalue weighted by Crippen LogP contribution is -2.52. The third-order valence-corrected chi connectivity index (χ3v) is 17.4. The van der Waals surface area contributed by atoms with E-state index >= 15 is 0 Å². The molecule has 4 fully saturated rings. The van der Waals surface area contributed by atoms with E-state index in [1.54, 1.807) is 0 Å². The number of allylic oxidation sites excluding steroid dienone is 2. The average molecular weight is 727 g/mol. The van der Waals surface area contributed by atoms with Gasteiger partial charge in [0, 0.05) is 30.1 Å². The molecule has 6 aliphatic rings. The van der Waals surface area contributed by atoms with Crippen LogP contribution in [0.25, 0.3) is 0 Å². The molecule has 4 bridgehead atoms. The molecule has 2 aromatic rings. The topological polar surface area (TPSA) is 44.3 Å². The third-order valence-electron chi connectivity index (χ3n) is 14.7. The van der Waals surface area contributed by atoms with Crippen molar-refractivity contribution in [1.29, 1.82) is 0 Å². The molecule has 51 heavy (non-hydrogen) atoms. The molecule has 5 aliphatic carbocycles. The molecule has 5 heteroatoms. The van der Waals surface area contributed by atoms with Crippen LogP contribution in [0.15, 0.2) is 54.6 Å². The quantitative estimate of drug-likeness (QED) is 0.217. The summed E-state index contributed by atoms with van der Waals surface area (Å²) in [6.07, 6.45) is 27.2. The number of hydrogen-bond acceptors (Lipinski definition) is 5. The molecule has 0 aromatic heterocycles. The van der Waals surface area contributed by atoms with E-state index in [2.05, 4.69) is 94.6 Å². The number of rotatable bonds is 3. The second kappa shape index (κ2) is 16.1. The van der Waals surface area contributed by atoms with E-state index in [1.165, 1.54) is 124 Å². The van der Waals surface area contributed by atoms with Crippen LogP contribution in [0.5, 0.6) is 5.75 Å². The van der Waals surface area contributed by atoms with E-state index < -0.39 is 0 Å². The van der Waals surface area contributed by atoms with E-state index in [9.17, 15) is 5.11 Å². The van der Waals surface area contributed by atoms with Gasteiger partial charge in [-0.25, -0.2) is 0 Å². The summed E-state index contributed by atoms with van der Waals surface area (Å²) in [6, 6.07) is 16.8. The van der Waals surface area contributed by atoms with Crippen LogP contribution < -0.4 is 10.6 Å². The van der Waals surface area contributed by atoms with Crippen molar-refractivity contribution < 1.29 is 5.11 Å². The zero-order chi connectivity index (χ0) is 34.8. The van der Waals surface area contributed by atoms with Crippen LogP contribution in [0, 0.1) is 46.3 Å². The van der Waals surface area contributed by atoms with Crippen LogP contribution in [0.2, 0.25) is 0 Å². The summed E-state index contributed by atoms with van der Waals surface area (Å²) in [5, 5.41) is 19.1. The van der Waals surface area contributed by atoms with Gasteiger partial charge in [0.1, 0.15) is 5.75 Å². The number of benzene rings is 2. The van der Waals surface area contributed by atoms with Crippen LogP contribution in [-0.4, -0.2) is 35.2 Å². The first-order valence-corrected chi connectivity index (χ1v) is 23.6. The maximum atomic E-state index is 11.2. The van der Waals surface area contributed by atoms with Crippen molar-refractivity contribution in [2.75, 3.05) is 18.1 Å². The smallest absolute Gasteiger partial charge is 0.116 e. The van der Waals surface area contributed by atoms with Crippen molar-refractivity contribution in [3.63, 3.8) is 0 Å². The summed E-state index contributed by atoms with van der Waals surface area (Å²) in [4.78, 5) is 0. The standard InChI is InChI=1S/C46H66N2OS2/c1-32-9-8-15-46(24-32)31-45(16-14-34(25-45)27-48-41-12-4-3-5-13-41)26-43-40-19-36-17-35(21-42(49)22-36)18-38-10-6-7-11-39(38)28-47-33(2)29-50-51-30-37(20-40)23-44(43)46/h6-8,10-11,15,17,21-22,32-34,37,40-41,43-44,47-49H,3-5,9,12-14,16,18-20,23-31H2,1-2H3. The van der Waals surface area contributed by atoms with Crippen molar-refractivity contribution in [1.82, 2.24) is 10.6 Å². The minimum atomic E-state index is 0.367. The Hall–Kier alpha value is -1.40. The van der Waals surface area contributed by atoms with Gasteiger partial charge in [0.25, 0.3) is 0 Å². The van der Waals surface area contributed by atoms with Gasteiger partial charge in [-0.05, 0) is 178 Å². The van der Waals surface area contributed by atoms with Crippen LogP contribution in [0.4, 0.5) is 0 Å². The Morgan fingerprint density at radius 2 is 1.73 bits per heavy atom. The highest BCUT2D eigenvalue weighted by Crippen LogP contribution is 2.67. The average Bonchev–Trinajstić information content (AvgIpc) is 3.50. The van der Waals surface area contributed by atoms with E-state index in [4.69, 9.17) is 0 Å². The summed E-state index contributed by atoms with van der Waals surface area (Å²) in [5.74, 6) is 7.56. The molecule has 4 saturated carbocycles. The second-order valence-electron chi connectivity index (χ2n) is 18.8. The predicted molar refractivity (Wildman–Crippen MR) is 219 cm³/mol. The molecule has 1 heterocycles. The van der Waals surface area contributed by atoms with E-state index in [1.807, 2.05) is 6.07 Å². The first-order valence-electron chi connectivity index (χ1n) is 21.1. The van der Waals surface area contributed by atoms with Crippen molar-refractivity contribution in [3.8, 4) is 5.75 Å². The lowest BCUT2D eigenvalue weighted by atomic mass is 9.44. The van der Waals surface area contributed by atoms with Gasteiger partial charge in [0.15, 0.2) is 0 Å². The number of phenolic OH excluding ortho intramolecular Hbond substituents is 1. The number of fused-ring (bicyclic) bond motifs is 8. The molecule has 2 aromatic carbocycles. The highest BCUT2D eigenvalue weighted by atomic mass is 33.1. The molecular formula is C46H66N2OS2. The molecule has 0 radical (unpaired) electrons. The van der Waals surface area contributed by atoms with Gasteiger partial charge in [-0.3, -0.25) is 0 Å². The highest BCUT2D eigenvalue weighted by molar-refractivity contribution is 8.76. The first kappa shape index (κ1) is 36.6. The fraction of sp³-hybridized carbons (Fsp3) is 0.696. The van der Waals surface area contributed by atoms with Crippen LogP contribution in [0.3, 0.4) is 0 Å². The fourth-order valence-corrected chi connectivity index (χ4v) is 15.3. The Balaban J connectivity index is 1.10. The number of aromatic hydroxyl groups is 1. The largest absolute Gasteiger partial charge is 0.508 e. The zero-order valence-corrected chi connectivity index (χ0v) is 33.4. The van der Waals surface area contributed by atoms with Gasteiger partial charge in [0.2, 0.25) is 0 Å². The Kier molecular flexibility index (Phi) is 11.6. The Morgan fingerprint density at radius 1 is 0.902 bits per heavy atom. The minimum absolute atomic E-state index is 0.367. The zero-order valence-electron chi connectivity index (χ0n) is 31.7. The van der Waals surface area contributed by atoms with Gasteiger partial charge in [-0.1, -0.05) is 90.3 Å². The van der Waals surface area contributed by atoms with E-state index in [0.717, 1.165) is 60.8 Å². The van der Waals surface area contributed by atoms with Crippen molar-refractivity contribution in [3.05, 3.63) is 76.9 Å². The molecule has 278 valence electrons. The lowest BCUT2D eigenvalue weighted by molar-refractivity contribution is -0.0820. The number of phenols is 1. The minimum Gasteiger partial charge on any atom is -0.508 e.